The number of amides is 2. The van der Waals surface area contributed by atoms with Gasteiger partial charge in [-0.25, -0.2) is 9.69 Å². The molecule has 1 saturated carbocycles. The van der Waals surface area contributed by atoms with Crippen molar-refractivity contribution in [3.05, 3.63) is 23.8 Å². The number of anilines is 2. The molecule has 1 heterocycles. The van der Waals surface area contributed by atoms with Crippen molar-refractivity contribution >= 4 is 29.2 Å². The molecule has 104 valence electrons. The number of nitrogens with two attached hydrogens (primary N) is 1. The lowest BCUT2D eigenvalue weighted by Gasteiger charge is -2.30. The zero-order chi connectivity index (χ0) is 14.4. The molecular formula is C14H14N2O4. The largest absolute Gasteiger partial charge is 0.478 e. The first kappa shape index (κ1) is 12.7. The van der Waals surface area contributed by atoms with E-state index in [9.17, 15) is 19.5 Å². The summed E-state index contributed by atoms with van der Waals surface area (Å²) in [5.41, 5.74) is 5.87. The number of benzene rings is 1. The summed E-state index contributed by atoms with van der Waals surface area (Å²) >= 11 is 0. The van der Waals surface area contributed by atoms with Gasteiger partial charge in [-0.2, -0.15) is 0 Å². The average Bonchev–Trinajstić information content (AvgIpc) is 2.85. The molecule has 1 saturated heterocycles. The van der Waals surface area contributed by atoms with Crippen LogP contribution in [0.2, 0.25) is 0 Å². The molecule has 2 amide bonds. The SMILES string of the molecule is Nc1ccc(N2C(=O)C3CCC(C3)C2=O)c(C(=O)O)c1. The maximum Gasteiger partial charge on any atom is 0.337 e. The molecule has 2 unspecified atom stereocenters. The standard InChI is InChI=1S/C14H14N2O4/c15-9-3-4-11(10(6-9)14(19)20)16-12(17)7-1-2-8(5-7)13(16)18/h3-4,6-8H,1-2,5,15H2,(H,19,20). The van der Waals surface area contributed by atoms with Crippen LogP contribution in [0.4, 0.5) is 11.4 Å². The van der Waals surface area contributed by atoms with E-state index in [0.717, 1.165) is 4.90 Å². The van der Waals surface area contributed by atoms with Crippen LogP contribution in [0.5, 0.6) is 0 Å². The minimum Gasteiger partial charge on any atom is -0.478 e. The second-order valence-corrected chi connectivity index (χ2v) is 5.30. The molecule has 3 rings (SSSR count). The zero-order valence-electron chi connectivity index (χ0n) is 10.7. The van der Waals surface area contributed by atoms with Crippen molar-refractivity contribution in [3.63, 3.8) is 0 Å². The second-order valence-electron chi connectivity index (χ2n) is 5.30. The normalized spacial score (nSPS) is 25.1. The van der Waals surface area contributed by atoms with Crippen LogP contribution in [0.1, 0.15) is 29.6 Å². The molecular weight excluding hydrogens is 260 g/mol. The van der Waals surface area contributed by atoms with Gasteiger partial charge in [-0.15, -0.1) is 0 Å². The van der Waals surface area contributed by atoms with Gasteiger partial charge in [-0.05, 0) is 37.5 Å². The quantitative estimate of drug-likeness (QED) is 0.624. The number of hydrogen-bond acceptors (Lipinski definition) is 4. The number of rotatable bonds is 2. The summed E-state index contributed by atoms with van der Waals surface area (Å²) in [6.45, 7) is 0. The highest BCUT2D eigenvalue weighted by Gasteiger charge is 2.46. The van der Waals surface area contributed by atoms with E-state index >= 15 is 0 Å². The third-order valence-corrected chi connectivity index (χ3v) is 4.06. The second kappa shape index (κ2) is 4.33. The van der Waals surface area contributed by atoms with Crippen LogP contribution in [0, 0.1) is 11.8 Å². The summed E-state index contributed by atoms with van der Waals surface area (Å²) in [4.78, 5) is 37.0. The van der Waals surface area contributed by atoms with Crippen LogP contribution in [0.25, 0.3) is 0 Å². The Hall–Kier alpha value is -2.37. The van der Waals surface area contributed by atoms with Gasteiger partial charge in [0.05, 0.1) is 11.3 Å². The lowest BCUT2D eigenvalue weighted by molar-refractivity contribution is -0.132. The molecule has 3 N–H and O–H groups in total. The Morgan fingerprint density at radius 1 is 1.20 bits per heavy atom. The molecule has 1 aromatic rings. The van der Waals surface area contributed by atoms with Gasteiger partial charge in [0.1, 0.15) is 0 Å². The van der Waals surface area contributed by atoms with Gasteiger partial charge >= 0.3 is 5.97 Å². The highest BCUT2D eigenvalue weighted by Crippen LogP contribution is 2.40. The Labute approximate surface area is 115 Å². The molecule has 2 atom stereocenters. The lowest BCUT2D eigenvalue weighted by atomic mass is 9.95. The number of aromatic carboxylic acids is 1. The summed E-state index contributed by atoms with van der Waals surface area (Å²) in [5, 5.41) is 9.24. The molecule has 20 heavy (non-hydrogen) atoms. The Kier molecular flexibility index (Phi) is 2.74. The van der Waals surface area contributed by atoms with E-state index in [2.05, 4.69) is 0 Å². The van der Waals surface area contributed by atoms with Crippen molar-refractivity contribution in [1.82, 2.24) is 0 Å². The zero-order valence-corrected chi connectivity index (χ0v) is 10.7. The monoisotopic (exact) mass is 274 g/mol. The van der Waals surface area contributed by atoms with Crippen molar-refractivity contribution in [1.29, 1.82) is 0 Å². The Morgan fingerprint density at radius 3 is 2.35 bits per heavy atom. The minimum absolute atomic E-state index is 0.118. The number of fused-ring (bicyclic) bond motifs is 2. The molecule has 2 bridgehead atoms. The van der Waals surface area contributed by atoms with Crippen molar-refractivity contribution in [2.24, 2.45) is 11.8 Å². The van der Waals surface area contributed by atoms with E-state index in [1.165, 1.54) is 18.2 Å². The highest BCUT2D eigenvalue weighted by molar-refractivity contribution is 6.20. The van der Waals surface area contributed by atoms with Crippen molar-refractivity contribution in [2.75, 3.05) is 10.6 Å². The molecule has 1 aliphatic carbocycles. The molecule has 6 nitrogen and oxygen atoms in total. The van der Waals surface area contributed by atoms with Crippen LogP contribution in [-0.2, 0) is 9.59 Å². The van der Waals surface area contributed by atoms with Gasteiger partial charge < -0.3 is 10.8 Å². The molecule has 0 radical (unpaired) electrons. The maximum atomic E-state index is 12.3. The van der Waals surface area contributed by atoms with Gasteiger partial charge in [0.15, 0.2) is 0 Å². The van der Waals surface area contributed by atoms with E-state index < -0.39 is 5.97 Å². The number of nitrogen functional groups attached to an aromatic ring is 1. The molecule has 2 aliphatic rings. The van der Waals surface area contributed by atoms with Crippen molar-refractivity contribution < 1.29 is 19.5 Å². The van der Waals surface area contributed by atoms with Crippen LogP contribution >= 0.6 is 0 Å². The third-order valence-electron chi connectivity index (χ3n) is 4.06. The Bertz CT molecular complexity index is 604. The number of carbonyl (C=O) groups excluding carboxylic acids is 2. The average molecular weight is 274 g/mol. The Morgan fingerprint density at radius 2 is 1.80 bits per heavy atom. The number of hydrogen-bond donors (Lipinski definition) is 2. The van der Waals surface area contributed by atoms with Crippen molar-refractivity contribution in [2.45, 2.75) is 19.3 Å². The molecule has 2 fully saturated rings. The van der Waals surface area contributed by atoms with E-state index in [0.29, 0.717) is 19.3 Å². The molecule has 1 aliphatic heterocycles. The predicted molar refractivity (Wildman–Crippen MR) is 71.1 cm³/mol. The van der Waals surface area contributed by atoms with Gasteiger partial charge in [-0.3, -0.25) is 9.59 Å². The van der Waals surface area contributed by atoms with Gasteiger partial charge in [0.2, 0.25) is 11.8 Å². The predicted octanol–water partition coefficient (Wildman–Crippen LogP) is 1.26. The van der Waals surface area contributed by atoms with E-state index in [1.54, 1.807) is 0 Å². The Balaban J connectivity index is 2.10. The lowest BCUT2D eigenvalue weighted by Crippen LogP contribution is -2.47. The van der Waals surface area contributed by atoms with Gasteiger partial charge in [0, 0.05) is 17.5 Å². The van der Waals surface area contributed by atoms with Crippen molar-refractivity contribution in [3.8, 4) is 0 Å². The topological polar surface area (TPSA) is 101 Å². The number of carbonyl (C=O) groups is 3. The third kappa shape index (κ3) is 1.76. The fourth-order valence-corrected chi connectivity index (χ4v) is 3.06. The highest BCUT2D eigenvalue weighted by atomic mass is 16.4. The van der Waals surface area contributed by atoms with Crippen LogP contribution < -0.4 is 10.6 Å². The maximum absolute atomic E-state index is 12.3. The van der Waals surface area contributed by atoms with Crippen LogP contribution in [0.3, 0.4) is 0 Å². The first-order chi connectivity index (χ1) is 9.49. The molecule has 6 heteroatoms. The van der Waals surface area contributed by atoms with Crippen LogP contribution in [-0.4, -0.2) is 22.9 Å². The van der Waals surface area contributed by atoms with E-state index in [4.69, 9.17) is 5.73 Å². The first-order valence-corrected chi connectivity index (χ1v) is 6.49. The van der Waals surface area contributed by atoms with E-state index in [-0.39, 0.29) is 40.6 Å². The van der Waals surface area contributed by atoms with Gasteiger partial charge in [-0.1, -0.05) is 0 Å². The molecule has 1 aromatic carbocycles. The van der Waals surface area contributed by atoms with Gasteiger partial charge in [0.25, 0.3) is 0 Å². The smallest absolute Gasteiger partial charge is 0.337 e. The summed E-state index contributed by atoms with van der Waals surface area (Å²) < 4.78 is 0. The number of carboxylic acids is 1. The summed E-state index contributed by atoms with van der Waals surface area (Å²) in [5.74, 6) is -2.13. The number of imide groups is 1. The van der Waals surface area contributed by atoms with E-state index in [1.807, 2.05) is 0 Å². The number of nitrogens with zero attached hydrogens (tertiary/aromatic N) is 1. The minimum atomic E-state index is -1.20. The molecule has 0 aromatic heterocycles. The fourth-order valence-electron chi connectivity index (χ4n) is 3.06. The van der Waals surface area contributed by atoms with Crippen LogP contribution in [0.15, 0.2) is 18.2 Å². The molecule has 0 spiro atoms. The fraction of sp³-hybridized carbons (Fsp3) is 0.357. The number of piperidine rings is 1. The summed E-state index contributed by atoms with van der Waals surface area (Å²) in [7, 11) is 0. The summed E-state index contributed by atoms with van der Waals surface area (Å²) in [6.07, 6.45) is 1.98. The first-order valence-electron chi connectivity index (χ1n) is 6.49. The number of carboxylic acid groups (broad SMARTS) is 1. The summed E-state index contributed by atoms with van der Waals surface area (Å²) in [6, 6.07) is 4.20.